The van der Waals surface area contributed by atoms with E-state index < -0.39 is 11.7 Å². The van der Waals surface area contributed by atoms with E-state index in [1.54, 1.807) is 11.8 Å². The van der Waals surface area contributed by atoms with Gasteiger partial charge in [0, 0.05) is 23.6 Å². The Morgan fingerprint density at radius 2 is 2.15 bits per heavy atom. The molecule has 1 aromatic carbocycles. The molecule has 1 aliphatic rings. The zero-order valence-corrected chi connectivity index (χ0v) is 12.5. The first-order valence-corrected chi connectivity index (χ1v) is 7.07. The Bertz CT molecular complexity index is 479. The van der Waals surface area contributed by atoms with E-state index in [2.05, 4.69) is 15.9 Å². The second kappa shape index (κ2) is 5.91. The van der Waals surface area contributed by atoms with Gasteiger partial charge in [0.1, 0.15) is 0 Å². The molecule has 1 aromatic rings. The van der Waals surface area contributed by atoms with E-state index in [0.717, 1.165) is 6.07 Å². The topological polar surface area (TPSA) is 38.5 Å². The molecule has 0 aliphatic carbocycles. The zero-order chi connectivity index (χ0) is 14.9. The average Bonchev–Trinajstić information content (AvgIpc) is 2.37. The van der Waals surface area contributed by atoms with Gasteiger partial charge in [-0.15, -0.1) is 0 Å². The summed E-state index contributed by atoms with van der Waals surface area (Å²) in [6.07, 6.45) is -4.64. The van der Waals surface area contributed by atoms with E-state index in [4.69, 9.17) is 10.5 Å². The minimum absolute atomic E-state index is 0.167. The first-order chi connectivity index (χ1) is 9.29. The molecule has 7 heteroatoms. The van der Waals surface area contributed by atoms with Crippen LogP contribution >= 0.6 is 15.9 Å². The predicted molar refractivity (Wildman–Crippen MR) is 74.7 cm³/mol. The van der Waals surface area contributed by atoms with Crippen LogP contribution in [0.4, 0.5) is 18.9 Å². The first kappa shape index (κ1) is 15.6. The standard InChI is InChI=1S/C13H16BrF3N2O/c1-8(18)12-7-19(4-5-20-12)11-6-9(14)2-3-10(11)13(15,16)17/h2-3,6,8,12H,4-5,7,18H2,1H3. The summed E-state index contributed by atoms with van der Waals surface area (Å²) in [5.41, 5.74) is 5.31. The van der Waals surface area contributed by atoms with E-state index in [1.807, 2.05) is 0 Å². The van der Waals surface area contributed by atoms with Crippen molar-refractivity contribution in [2.45, 2.75) is 25.2 Å². The number of anilines is 1. The van der Waals surface area contributed by atoms with Gasteiger partial charge in [-0.25, -0.2) is 0 Å². The Kier molecular flexibility index (Phi) is 4.61. The molecule has 2 rings (SSSR count). The summed E-state index contributed by atoms with van der Waals surface area (Å²) in [5.74, 6) is 0. The summed E-state index contributed by atoms with van der Waals surface area (Å²) < 4.78 is 45.4. The van der Waals surface area contributed by atoms with Gasteiger partial charge in [-0.3, -0.25) is 0 Å². The van der Waals surface area contributed by atoms with Gasteiger partial charge in [0.25, 0.3) is 0 Å². The molecule has 1 saturated heterocycles. The smallest absolute Gasteiger partial charge is 0.373 e. The van der Waals surface area contributed by atoms with Crippen molar-refractivity contribution in [2.75, 3.05) is 24.6 Å². The number of hydrogen-bond donors (Lipinski definition) is 1. The molecular formula is C13H16BrF3N2O. The van der Waals surface area contributed by atoms with Crippen LogP contribution < -0.4 is 10.6 Å². The Morgan fingerprint density at radius 1 is 1.45 bits per heavy atom. The molecular weight excluding hydrogens is 337 g/mol. The number of benzene rings is 1. The van der Waals surface area contributed by atoms with Crippen LogP contribution in [0.2, 0.25) is 0 Å². The van der Waals surface area contributed by atoms with Crippen molar-refractivity contribution in [3.8, 4) is 0 Å². The van der Waals surface area contributed by atoms with Crippen molar-refractivity contribution in [1.82, 2.24) is 0 Å². The maximum absolute atomic E-state index is 13.1. The fourth-order valence-corrected chi connectivity index (χ4v) is 2.57. The highest BCUT2D eigenvalue weighted by Crippen LogP contribution is 2.38. The van der Waals surface area contributed by atoms with Crippen molar-refractivity contribution in [3.63, 3.8) is 0 Å². The van der Waals surface area contributed by atoms with Crippen LogP contribution in [0.15, 0.2) is 22.7 Å². The molecule has 2 atom stereocenters. The van der Waals surface area contributed by atoms with E-state index >= 15 is 0 Å². The van der Waals surface area contributed by atoms with Gasteiger partial charge in [-0.1, -0.05) is 15.9 Å². The van der Waals surface area contributed by atoms with Gasteiger partial charge >= 0.3 is 6.18 Å². The summed E-state index contributed by atoms with van der Waals surface area (Å²) in [6.45, 7) is 2.94. The molecule has 0 bridgehead atoms. The number of nitrogens with zero attached hydrogens (tertiary/aromatic N) is 1. The number of morpholine rings is 1. The molecule has 20 heavy (non-hydrogen) atoms. The number of halogens is 4. The third-order valence-electron chi connectivity index (χ3n) is 3.29. The molecule has 1 aliphatic heterocycles. The Morgan fingerprint density at radius 3 is 2.75 bits per heavy atom. The number of ether oxygens (including phenoxy) is 1. The van der Waals surface area contributed by atoms with Crippen molar-refractivity contribution >= 4 is 21.6 Å². The minimum atomic E-state index is -4.38. The van der Waals surface area contributed by atoms with Crippen LogP contribution in [0.5, 0.6) is 0 Å². The SMILES string of the molecule is CC(N)C1CN(c2cc(Br)ccc2C(F)(F)F)CCO1. The molecule has 0 aromatic heterocycles. The molecule has 3 nitrogen and oxygen atoms in total. The van der Waals surface area contributed by atoms with E-state index in [1.165, 1.54) is 12.1 Å². The van der Waals surface area contributed by atoms with Crippen LogP contribution in [-0.2, 0) is 10.9 Å². The zero-order valence-electron chi connectivity index (χ0n) is 11.0. The summed E-state index contributed by atoms with van der Waals surface area (Å²) >= 11 is 3.22. The molecule has 2 N–H and O–H groups in total. The fraction of sp³-hybridized carbons (Fsp3) is 0.538. The van der Waals surface area contributed by atoms with Crippen LogP contribution in [0, 0.1) is 0 Å². The summed E-state index contributed by atoms with van der Waals surface area (Å²) in [6, 6.07) is 3.76. The lowest BCUT2D eigenvalue weighted by Crippen LogP contribution is -2.50. The van der Waals surface area contributed by atoms with Gasteiger partial charge in [0.05, 0.1) is 24.0 Å². The van der Waals surface area contributed by atoms with Gasteiger partial charge < -0.3 is 15.4 Å². The van der Waals surface area contributed by atoms with Gasteiger partial charge in [-0.05, 0) is 25.1 Å². The molecule has 1 fully saturated rings. The van der Waals surface area contributed by atoms with Crippen molar-refractivity contribution in [2.24, 2.45) is 5.73 Å². The maximum atomic E-state index is 13.1. The number of rotatable bonds is 2. The number of hydrogen-bond acceptors (Lipinski definition) is 3. The highest BCUT2D eigenvalue weighted by molar-refractivity contribution is 9.10. The van der Waals surface area contributed by atoms with Crippen molar-refractivity contribution < 1.29 is 17.9 Å². The quantitative estimate of drug-likeness (QED) is 0.888. The maximum Gasteiger partial charge on any atom is 0.418 e. The van der Waals surface area contributed by atoms with Gasteiger partial charge in [0.2, 0.25) is 0 Å². The second-order valence-electron chi connectivity index (χ2n) is 4.87. The Balaban J connectivity index is 2.33. The third-order valence-corrected chi connectivity index (χ3v) is 3.78. The number of nitrogens with two attached hydrogens (primary N) is 1. The lowest BCUT2D eigenvalue weighted by molar-refractivity contribution is -0.137. The normalized spacial score (nSPS) is 21.9. The van der Waals surface area contributed by atoms with Crippen LogP contribution in [0.3, 0.4) is 0 Å². The molecule has 1 heterocycles. The Hall–Kier alpha value is -0.790. The second-order valence-corrected chi connectivity index (χ2v) is 5.79. The van der Waals surface area contributed by atoms with E-state index in [-0.39, 0.29) is 17.8 Å². The average molecular weight is 353 g/mol. The fourth-order valence-electron chi connectivity index (χ4n) is 2.22. The molecule has 112 valence electrons. The highest BCUT2D eigenvalue weighted by Gasteiger charge is 2.36. The largest absolute Gasteiger partial charge is 0.418 e. The number of alkyl halides is 3. The monoisotopic (exact) mass is 352 g/mol. The molecule has 0 amide bonds. The molecule has 0 radical (unpaired) electrons. The lowest BCUT2D eigenvalue weighted by atomic mass is 10.1. The molecule has 0 spiro atoms. The van der Waals surface area contributed by atoms with Crippen LogP contribution in [0.25, 0.3) is 0 Å². The van der Waals surface area contributed by atoms with Crippen molar-refractivity contribution in [3.05, 3.63) is 28.2 Å². The van der Waals surface area contributed by atoms with Crippen LogP contribution in [0.1, 0.15) is 12.5 Å². The summed E-state index contributed by atoms with van der Waals surface area (Å²) in [5, 5.41) is 0. The molecule has 0 saturated carbocycles. The highest BCUT2D eigenvalue weighted by atomic mass is 79.9. The van der Waals surface area contributed by atoms with Crippen LogP contribution in [-0.4, -0.2) is 31.8 Å². The van der Waals surface area contributed by atoms with Gasteiger partial charge in [0.15, 0.2) is 0 Å². The summed E-state index contributed by atoms with van der Waals surface area (Å²) in [4.78, 5) is 1.69. The lowest BCUT2D eigenvalue weighted by Gasteiger charge is -2.37. The van der Waals surface area contributed by atoms with Crippen molar-refractivity contribution in [1.29, 1.82) is 0 Å². The first-order valence-electron chi connectivity index (χ1n) is 6.28. The van der Waals surface area contributed by atoms with E-state index in [9.17, 15) is 13.2 Å². The molecule has 2 unspecified atom stereocenters. The minimum Gasteiger partial charge on any atom is -0.373 e. The Labute approximate surface area is 124 Å². The third kappa shape index (κ3) is 3.45. The van der Waals surface area contributed by atoms with Gasteiger partial charge in [-0.2, -0.15) is 13.2 Å². The predicted octanol–water partition coefficient (Wildman–Crippen LogP) is 3.02. The summed E-state index contributed by atoms with van der Waals surface area (Å²) in [7, 11) is 0. The van der Waals surface area contributed by atoms with E-state index in [0.29, 0.717) is 24.2 Å².